The van der Waals surface area contributed by atoms with E-state index in [0.717, 1.165) is 5.39 Å². The second-order valence-corrected chi connectivity index (χ2v) is 4.29. The molecule has 106 valence electrons. The van der Waals surface area contributed by atoms with E-state index < -0.39 is 0 Å². The number of amides is 1. The lowest BCUT2D eigenvalue weighted by molar-refractivity contribution is 0.102. The monoisotopic (exact) mass is 284 g/mol. The van der Waals surface area contributed by atoms with Crippen LogP contribution in [0.3, 0.4) is 0 Å². The highest BCUT2D eigenvalue weighted by molar-refractivity contribution is 6.13. The number of carbonyl (C=O) groups is 1. The summed E-state index contributed by atoms with van der Waals surface area (Å²) in [7, 11) is 0. The van der Waals surface area contributed by atoms with Crippen LogP contribution in [0.5, 0.6) is 0 Å². The molecule has 0 spiro atoms. The Labute approximate surface area is 119 Å². The Hall–Kier alpha value is -3.00. The Morgan fingerprint density at radius 2 is 2.00 bits per heavy atom. The molecule has 0 aliphatic heterocycles. The molecule has 8 nitrogen and oxygen atoms in total. The number of aryl methyl sites for hydroxylation is 1. The number of nitrogens with zero attached hydrogens (tertiary/aromatic N) is 3. The number of nitrogens with two attached hydrogens (primary N) is 1. The van der Waals surface area contributed by atoms with Gasteiger partial charge in [-0.15, -0.1) is 5.10 Å². The van der Waals surface area contributed by atoms with E-state index in [2.05, 4.69) is 25.9 Å². The third-order valence-electron chi connectivity index (χ3n) is 2.92. The highest BCUT2D eigenvalue weighted by Gasteiger charge is 2.15. The second-order valence-electron chi connectivity index (χ2n) is 4.29. The van der Waals surface area contributed by atoms with Gasteiger partial charge in [0.2, 0.25) is 5.89 Å². The van der Waals surface area contributed by atoms with Crippen molar-refractivity contribution in [1.82, 2.24) is 15.2 Å². The number of carbonyl (C=O) groups excluding carboxylic acids is 1. The minimum atomic E-state index is -0.383. The maximum absolute atomic E-state index is 12.3. The van der Waals surface area contributed by atoms with Crippen LogP contribution in [0.25, 0.3) is 10.8 Å². The summed E-state index contributed by atoms with van der Waals surface area (Å²) < 4.78 is 5.13. The third-order valence-corrected chi connectivity index (χ3v) is 2.92. The molecule has 1 aromatic carbocycles. The van der Waals surface area contributed by atoms with Crippen molar-refractivity contribution in [2.75, 3.05) is 10.7 Å². The first-order valence-corrected chi connectivity index (χ1v) is 6.15. The lowest BCUT2D eigenvalue weighted by Crippen LogP contribution is -2.15. The number of hydrogen-bond acceptors (Lipinski definition) is 7. The largest absolute Gasteiger partial charge is 0.408 e. The number of anilines is 2. The summed E-state index contributed by atoms with van der Waals surface area (Å²) in [5.41, 5.74) is 2.89. The van der Waals surface area contributed by atoms with Crippen LogP contribution in [-0.4, -0.2) is 21.1 Å². The Kier molecular flexibility index (Phi) is 3.20. The number of pyridine rings is 1. The predicted octanol–water partition coefficient (Wildman–Crippen LogP) is 1.46. The molecule has 0 atom stereocenters. The molecule has 8 heteroatoms. The third kappa shape index (κ3) is 2.39. The van der Waals surface area contributed by atoms with E-state index in [4.69, 9.17) is 10.3 Å². The zero-order valence-electron chi connectivity index (χ0n) is 11.1. The smallest absolute Gasteiger partial charge is 0.322 e. The van der Waals surface area contributed by atoms with Gasteiger partial charge in [0.25, 0.3) is 5.91 Å². The molecule has 4 N–H and O–H groups in total. The van der Waals surface area contributed by atoms with Crippen molar-refractivity contribution in [3.8, 4) is 0 Å². The van der Waals surface area contributed by atoms with Gasteiger partial charge in [-0.05, 0) is 5.39 Å². The summed E-state index contributed by atoms with van der Waals surface area (Å²) >= 11 is 0. The van der Waals surface area contributed by atoms with Crippen LogP contribution < -0.4 is 16.6 Å². The first-order chi connectivity index (χ1) is 10.2. The normalized spacial score (nSPS) is 10.6. The van der Waals surface area contributed by atoms with E-state index in [1.807, 2.05) is 24.3 Å². The molecule has 3 rings (SSSR count). The van der Waals surface area contributed by atoms with Crippen LogP contribution in [0.15, 0.2) is 34.9 Å². The van der Waals surface area contributed by atoms with Crippen molar-refractivity contribution in [2.45, 2.75) is 6.92 Å². The zero-order valence-corrected chi connectivity index (χ0v) is 11.1. The molecule has 0 aliphatic rings. The lowest BCUT2D eigenvalue weighted by Gasteiger charge is -2.08. The molecule has 0 fully saturated rings. The Bertz CT molecular complexity index is 813. The van der Waals surface area contributed by atoms with E-state index in [9.17, 15) is 4.79 Å². The van der Waals surface area contributed by atoms with Gasteiger partial charge in [-0.25, -0.2) is 10.8 Å². The minimum absolute atomic E-state index is 0.0441. The van der Waals surface area contributed by atoms with Gasteiger partial charge in [-0.3, -0.25) is 10.1 Å². The molecule has 0 radical (unpaired) electrons. The van der Waals surface area contributed by atoms with Gasteiger partial charge in [-0.2, -0.15) is 0 Å². The Morgan fingerprint density at radius 3 is 2.67 bits per heavy atom. The summed E-state index contributed by atoms with van der Waals surface area (Å²) in [6.07, 6.45) is 1.44. The molecule has 2 heterocycles. The molecular formula is C13H12N6O2. The number of hydrogen-bond donors (Lipinski definition) is 3. The lowest BCUT2D eigenvalue weighted by atomic mass is 10.1. The number of nitrogen functional groups attached to an aromatic ring is 1. The molecule has 0 saturated heterocycles. The summed E-state index contributed by atoms with van der Waals surface area (Å²) in [6, 6.07) is 7.35. The first-order valence-electron chi connectivity index (χ1n) is 6.15. The summed E-state index contributed by atoms with van der Waals surface area (Å²) in [4.78, 5) is 16.4. The highest BCUT2D eigenvalue weighted by Crippen LogP contribution is 2.24. The van der Waals surface area contributed by atoms with Crippen molar-refractivity contribution in [2.24, 2.45) is 5.84 Å². The maximum Gasteiger partial charge on any atom is 0.322 e. The number of benzene rings is 1. The van der Waals surface area contributed by atoms with Crippen molar-refractivity contribution in [3.05, 3.63) is 41.9 Å². The van der Waals surface area contributed by atoms with Crippen LogP contribution in [0.4, 0.5) is 11.8 Å². The number of fused-ring (bicyclic) bond motifs is 1. The van der Waals surface area contributed by atoms with Gasteiger partial charge in [0.1, 0.15) is 5.82 Å². The average Bonchev–Trinajstić information content (AvgIpc) is 2.91. The molecule has 0 saturated carbocycles. The van der Waals surface area contributed by atoms with Crippen LogP contribution in [0.2, 0.25) is 0 Å². The van der Waals surface area contributed by atoms with Crippen molar-refractivity contribution in [3.63, 3.8) is 0 Å². The quantitative estimate of drug-likeness (QED) is 0.492. The van der Waals surface area contributed by atoms with E-state index in [1.54, 1.807) is 6.92 Å². The number of aromatic nitrogens is 3. The van der Waals surface area contributed by atoms with E-state index in [-0.39, 0.29) is 11.9 Å². The summed E-state index contributed by atoms with van der Waals surface area (Å²) in [6.45, 7) is 1.64. The van der Waals surface area contributed by atoms with E-state index in [0.29, 0.717) is 22.7 Å². The zero-order chi connectivity index (χ0) is 14.8. The van der Waals surface area contributed by atoms with Gasteiger partial charge in [0.15, 0.2) is 0 Å². The number of nitrogens with one attached hydrogen (secondary N) is 2. The standard InChI is InChI=1S/C13H12N6O2/c1-7-18-19-13(21-7)16-12(20)10-6-15-11(17-14)9-5-3-2-4-8(9)10/h2-6H,14H2,1H3,(H,15,17)(H,16,19,20). The molecule has 1 amide bonds. The first kappa shape index (κ1) is 13.0. The van der Waals surface area contributed by atoms with Crippen molar-refractivity contribution >= 4 is 28.5 Å². The van der Waals surface area contributed by atoms with Gasteiger partial charge in [0, 0.05) is 18.5 Å². The van der Waals surface area contributed by atoms with Gasteiger partial charge >= 0.3 is 6.01 Å². The molecule has 0 bridgehead atoms. The summed E-state index contributed by atoms with van der Waals surface area (Å²) in [5, 5.41) is 11.4. The van der Waals surface area contributed by atoms with Crippen molar-refractivity contribution in [1.29, 1.82) is 0 Å². The predicted molar refractivity (Wildman–Crippen MR) is 76.5 cm³/mol. The van der Waals surface area contributed by atoms with Gasteiger partial charge in [0.05, 0.1) is 5.56 Å². The number of rotatable bonds is 3. The summed E-state index contributed by atoms with van der Waals surface area (Å²) in [5.74, 6) is 5.91. The molecular weight excluding hydrogens is 272 g/mol. The molecule has 2 aromatic heterocycles. The van der Waals surface area contributed by atoms with E-state index >= 15 is 0 Å². The topological polar surface area (TPSA) is 119 Å². The highest BCUT2D eigenvalue weighted by atomic mass is 16.4. The fourth-order valence-electron chi connectivity index (χ4n) is 2.00. The Morgan fingerprint density at radius 1 is 1.24 bits per heavy atom. The second kappa shape index (κ2) is 5.17. The van der Waals surface area contributed by atoms with Crippen molar-refractivity contribution < 1.29 is 9.21 Å². The Balaban J connectivity index is 2.02. The van der Waals surface area contributed by atoms with Gasteiger partial charge < -0.3 is 9.84 Å². The molecule has 3 aromatic rings. The minimum Gasteiger partial charge on any atom is -0.408 e. The van der Waals surface area contributed by atoms with Crippen LogP contribution in [0.1, 0.15) is 16.2 Å². The molecule has 0 aliphatic carbocycles. The number of hydrazine groups is 1. The van der Waals surface area contributed by atoms with Crippen LogP contribution >= 0.6 is 0 Å². The van der Waals surface area contributed by atoms with Crippen LogP contribution in [0, 0.1) is 6.92 Å². The molecule has 21 heavy (non-hydrogen) atoms. The fourth-order valence-corrected chi connectivity index (χ4v) is 2.00. The van der Waals surface area contributed by atoms with E-state index in [1.165, 1.54) is 6.20 Å². The maximum atomic E-state index is 12.3. The van der Waals surface area contributed by atoms with Crippen LogP contribution in [-0.2, 0) is 0 Å². The fraction of sp³-hybridized carbons (Fsp3) is 0.0769. The SMILES string of the molecule is Cc1nnc(NC(=O)c2cnc(NN)c3ccccc23)o1. The molecule has 0 unspecified atom stereocenters. The van der Waals surface area contributed by atoms with Gasteiger partial charge in [-0.1, -0.05) is 29.4 Å². The average molecular weight is 284 g/mol.